The van der Waals surface area contributed by atoms with Gasteiger partial charge in [0.2, 0.25) is 0 Å². The van der Waals surface area contributed by atoms with E-state index in [4.69, 9.17) is 21.1 Å². The van der Waals surface area contributed by atoms with Gasteiger partial charge in [-0.05, 0) is 54.8 Å². The van der Waals surface area contributed by atoms with Crippen molar-refractivity contribution in [3.8, 4) is 17.2 Å². The summed E-state index contributed by atoms with van der Waals surface area (Å²) >= 11 is 5.93. The van der Waals surface area contributed by atoms with Crippen molar-refractivity contribution < 1.29 is 27.8 Å². The van der Waals surface area contributed by atoms with E-state index in [0.29, 0.717) is 23.7 Å². The standard InChI is InChI=1S/C19H20ClF2NO4/c1-12-9-14(4-5-15(12)20)26-11-18(24)23-8-7-13-3-6-16(25-2)17(10-13)27-19(21)22/h3-6,9-10,19H,7-8,11H2,1-2H3,(H,23,24). The van der Waals surface area contributed by atoms with Crippen LogP contribution in [0.3, 0.4) is 0 Å². The molecule has 0 unspecified atom stereocenters. The van der Waals surface area contributed by atoms with E-state index in [2.05, 4.69) is 10.1 Å². The third-order valence-electron chi connectivity index (χ3n) is 3.68. The SMILES string of the molecule is COc1ccc(CCNC(=O)COc2ccc(Cl)c(C)c2)cc1OC(F)F. The smallest absolute Gasteiger partial charge is 0.387 e. The Labute approximate surface area is 161 Å². The molecule has 0 saturated carbocycles. The van der Waals surface area contributed by atoms with Gasteiger partial charge in [-0.15, -0.1) is 0 Å². The van der Waals surface area contributed by atoms with Crippen molar-refractivity contribution in [3.63, 3.8) is 0 Å². The van der Waals surface area contributed by atoms with Crippen molar-refractivity contribution in [2.45, 2.75) is 20.0 Å². The van der Waals surface area contributed by atoms with Gasteiger partial charge in [0.1, 0.15) is 5.75 Å². The Morgan fingerprint density at radius 1 is 1.19 bits per heavy atom. The molecule has 146 valence electrons. The zero-order valence-electron chi connectivity index (χ0n) is 14.9. The summed E-state index contributed by atoms with van der Waals surface area (Å²) in [6.45, 7) is -0.913. The van der Waals surface area contributed by atoms with Gasteiger partial charge in [0.15, 0.2) is 18.1 Å². The van der Waals surface area contributed by atoms with Crippen LogP contribution in [0.4, 0.5) is 8.78 Å². The maximum Gasteiger partial charge on any atom is 0.387 e. The topological polar surface area (TPSA) is 56.8 Å². The van der Waals surface area contributed by atoms with E-state index in [1.54, 1.807) is 30.3 Å². The zero-order valence-corrected chi connectivity index (χ0v) is 15.7. The molecule has 27 heavy (non-hydrogen) atoms. The van der Waals surface area contributed by atoms with Crippen LogP contribution in [0.15, 0.2) is 36.4 Å². The Morgan fingerprint density at radius 3 is 2.63 bits per heavy atom. The second-order valence-corrected chi connectivity index (χ2v) is 6.07. The number of nitrogens with one attached hydrogen (secondary N) is 1. The number of amides is 1. The van der Waals surface area contributed by atoms with Crippen LogP contribution in [0.1, 0.15) is 11.1 Å². The second-order valence-electron chi connectivity index (χ2n) is 5.66. The summed E-state index contributed by atoms with van der Waals surface area (Å²) in [5, 5.41) is 3.33. The van der Waals surface area contributed by atoms with Gasteiger partial charge in [-0.25, -0.2) is 0 Å². The number of carbonyl (C=O) groups excluding carboxylic acids is 1. The van der Waals surface area contributed by atoms with E-state index in [0.717, 1.165) is 11.1 Å². The minimum Gasteiger partial charge on any atom is -0.493 e. The fourth-order valence-corrected chi connectivity index (χ4v) is 2.44. The number of benzene rings is 2. The molecule has 0 bridgehead atoms. The summed E-state index contributed by atoms with van der Waals surface area (Å²) in [6.07, 6.45) is 0.440. The van der Waals surface area contributed by atoms with Crippen LogP contribution in [0.2, 0.25) is 5.02 Å². The first-order valence-electron chi connectivity index (χ1n) is 8.16. The Hall–Kier alpha value is -2.54. The van der Waals surface area contributed by atoms with Crippen molar-refractivity contribution in [1.82, 2.24) is 5.32 Å². The number of methoxy groups -OCH3 is 1. The first kappa shape index (κ1) is 20.8. The minimum atomic E-state index is -2.94. The molecule has 0 aromatic heterocycles. The molecule has 8 heteroatoms. The summed E-state index contributed by atoms with van der Waals surface area (Å²) in [5.74, 6) is 0.434. The van der Waals surface area contributed by atoms with E-state index in [1.165, 1.54) is 13.2 Å². The third-order valence-corrected chi connectivity index (χ3v) is 4.10. The first-order chi connectivity index (χ1) is 12.9. The molecule has 1 amide bonds. The van der Waals surface area contributed by atoms with E-state index in [9.17, 15) is 13.6 Å². The highest BCUT2D eigenvalue weighted by molar-refractivity contribution is 6.31. The number of hydrogen-bond donors (Lipinski definition) is 1. The summed E-state index contributed by atoms with van der Waals surface area (Å²) in [4.78, 5) is 11.9. The van der Waals surface area contributed by atoms with Gasteiger partial charge in [-0.1, -0.05) is 17.7 Å². The van der Waals surface area contributed by atoms with Gasteiger partial charge in [-0.2, -0.15) is 8.78 Å². The maximum absolute atomic E-state index is 12.4. The molecule has 0 atom stereocenters. The minimum absolute atomic E-state index is 0.0437. The maximum atomic E-state index is 12.4. The average Bonchev–Trinajstić information content (AvgIpc) is 2.62. The molecule has 0 aliphatic rings. The highest BCUT2D eigenvalue weighted by Gasteiger charge is 2.11. The molecular formula is C19H20ClF2NO4. The van der Waals surface area contributed by atoms with Crippen LogP contribution in [-0.2, 0) is 11.2 Å². The highest BCUT2D eigenvalue weighted by Crippen LogP contribution is 2.29. The van der Waals surface area contributed by atoms with Gasteiger partial charge in [0.25, 0.3) is 5.91 Å². The van der Waals surface area contributed by atoms with Crippen molar-refractivity contribution in [3.05, 3.63) is 52.5 Å². The van der Waals surface area contributed by atoms with Crippen LogP contribution >= 0.6 is 11.6 Å². The van der Waals surface area contributed by atoms with Crippen LogP contribution in [0.25, 0.3) is 0 Å². The average molecular weight is 400 g/mol. The third kappa shape index (κ3) is 6.60. The first-order valence-corrected chi connectivity index (χ1v) is 8.54. The van der Waals surface area contributed by atoms with Gasteiger partial charge in [-0.3, -0.25) is 4.79 Å². The monoisotopic (exact) mass is 399 g/mol. The second kappa shape index (κ2) is 9.97. The predicted molar refractivity (Wildman–Crippen MR) is 98.0 cm³/mol. The Morgan fingerprint density at radius 2 is 1.96 bits per heavy atom. The number of ether oxygens (including phenoxy) is 3. The lowest BCUT2D eigenvalue weighted by molar-refractivity contribution is -0.123. The van der Waals surface area contributed by atoms with Crippen LogP contribution in [0.5, 0.6) is 17.2 Å². The van der Waals surface area contributed by atoms with E-state index >= 15 is 0 Å². The molecule has 1 N–H and O–H groups in total. The van der Waals surface area contributed by atoms with Crippen molar-refractivity contribution in [2.75, 3.05) is 20.3 Å². The summed E-state index contributed by atoms with van der Waals surface area (Å²) < 4.78 is 39.7. The van der Waals surface area contributed by atoms with Crippen LogP contribution in [-0.4, -0.2) is 32.8 Å². The molecule has 2 aromatic carbocycles. The summed E-state index contributed by atoms with van der Waals surface area (Å²) in [6, 6.07) is 9.86. The van der Waals surface area contributed by atoms with Crippen molar-refractivity contribution in [2.24, 2.45) is 0 Å². The molecule has 0 heterocycles. The molecule has 0 radical (unpaired) electrons. The highest BCUT2D eigenvalue weighted by atomic mass is 35.5. The van der Waals surface area contributed by atoms with Crippen LogP contribution in [0, 0.1) is 6.92 Å². The van der Waals surface area contributed by atoms with E-state index in [1.807, 2.05) is 6.92 Å². The lowest BCUT2D eigenvalue weighted by atomic mass is 10.1. The number of halogens is 3. The molecular weight excluding hydrogens is 380 g/mol. The Bertz CT molecular complexity index is 786. The molecule has 5 nitrogen and oxygen atoms in total. The molecule has 0 saturated heterocycles. The normalized spacial score (nSPS) is 10.6. The number of rotatable bonds is 9. The quantitative estimate of drug-likeness (QED) is 0.692. The fraction of sp³-hybridized carbons (Fsp3) is 0.316. The summed E-state index contributed by atoms with van der Waals surface area (Å²) in [7, 11) is 1.37. The zero-order chi connectivity index (χ0) is 19.8. The van der Waals surface area contributed by atoms with Gasteiger partial charge in [0.05, 0.1) is 7.11 Å². The Kier molecular flexibility index (Phi) is 7.67. The van der Waals surface area contributed by atoms with Gasteiger partial charge < -0.3 is 19.5 Å². The molecule has 0 spiro atoms. The van der Waals surface area contributed by atoms with Crippen LogP contribution < -0.4 is 19.5 Å². The van der Waals surface area contributed by atoms with E-state index in [-0.39, 0.29) is 24.0 Å². The van der Waals surface area contributed by atoms with Crippen molar-refractivity contribution >= 4 is 17.5 Å². The molecule has 0 aliphatic carbocycles. The predicted octanol–water partition coefficient (Wildman–Crippen LogP) is 4.00. The van der Waals surface area contributed by atoms with E-state index < -0.39 is 6.61 Å². The van der Waals surface area contributed by atoms with Crippen molar-refractivity contribution in [1.29, 1.82) is 0 Å². The largest absolute Gasteiger partial charge is 0.493 e. The lowest BCUT2D eigenvalue weighted by Gasteiger charge is -2.12. The lowest BCUT2D eigenvalue weighted by Crippen LogP contribution is -2.30. The number of hydrogen-bond acceptors (Lipinski definition) is 4. The molecule has 2 rings (SSSR count). The van der Waals surface area contributed by atoms with Gasteiger partial charge >= 0.3 is 6.61 Å². The fourth-order valence-electron chi connectivity index (χ4n) is 2.32. The number of carbonyl (C=O) groups is 1. The molecule has 2 aromatic rings. The van der Waals surface area contributed by atoms with Gasteiger partial charge in [0, 0.05) is 11.6 Å². The molecule has 0 aliphatic heterocycles. The Balaban J connectivity index is 1.81. The molecule has 0 fully saturated rings. The number of alkyl halides is 2. The number of aryl methyl sites for hydroxylation is 1. The summed E-state index contributed by atoms with van der Waals surface area (Å²) in [5.41, 5.74) is 1.58.